The van der Waals surface area contributed by atoms with Gasteiger partial charge < -0.3 is 34.3 Å². The molecule has 0 aliphatic carbocycles. The van der Waals surface area contributed by atoms with Gasteiger partial charge in [0, 0.05) is 12.8 Å². The SMILES string of the molecule is CCCCCCCC/C=C/C/C=C/C/C=C/CCCC(=O)OC[C@H](CO[C@H]1O[C@H](CS(=O)(=O)O)[C@@H](O)C(O)C1O)OC(=O)CCCCCCCCCCCCCCCCCCCCCCCC. The molecule has 6 atom stereocenters. The van der Waals surface area contributed by atoms with Crippen LogP contribution >= 0.6 is 0 Å². The first-order valence-corrected chi connectivity index (χ1v) is 28.7. The number of rotatable bonds is 46. The van der Waals surface area contributed by atoms with Crippen LogP contribution in [0.1, 0.15) is 239 Å². The summed E-state index contributed by atoms with van der Waals surface area (Å²) in [6, 6.07) is 0. The summed E-state index contributed by atoms with van der Waals surface area (Å²) in [4.78, 5) is 25.5. The zero-order valence-electron chi connectivity index (χ0n) is 42.3. The molecular formula is C54H98O12S. The summed E-state index contributed by atoms with van der Waals surface area (Å²) in [6.07, 6.45) is 43.4. The normalized spacial score (nSPS) is 19.5. The first-order valence-electron chi connectivity index (χ1n) is 27.0. The van der Waals surface area contributed by atoms with Crippen LogP contribution in [0.15, 0.2) is 36.5 Å². The second-order valence-corrected chi connectivity index (χ2v) is 20.4. The molecule has 1 fully saturated rings. The topological polar surface area (TPSA) is 186 Å². The number of unbranched alkanes of at least 4 members (excludes halogenated alkanes) is 28. The Morgan fingerprint density at radius 2 is 0.910 bits per heavy atom. The van der Waals surface area contributed by atoms with Crippen molar-refractivity contribution in [3.63, 3.8) is 0 Å². The second kappa shape index (κ2) is 43.9. The first kappa shape index (κ1) is 62.9. The Morgan fingerprint density at radius 3 is 1.37 bits per heavy atom. The Labute approximate surface area is 408 Å². The van der Waals surface area contributed by atoms with Crippen molar-refractivity contribution < 1.29 is 56.8 Å². The minimum Gasteiger partial charge on any atom is -0.462 e. The van der Waals surface area contributed by atoms with Crippen molar-refractivity contribution in [3.8, 4) is 0 Å². The lowest BCUT2D eigenvalue weighted by Gasteiger charge is -2.40. The number of hydrogen-bond acceptors (Lipinski definition) is 11. The van der Waals surface area contributed by atoms with Gasteiger partial charge in [-0.15, -0.1) is 0 Å². The number of aliphatic hydroxyl groups is 3. The smallest absolute Gasteiger partial charge is 0.306 e. The van der Waals surface area contributed by atoms with Crippen LogP contribution in [0.2, 0.25) is 0 Å². The van der Waals surface area contributed by atoms with Gasteiger partial charge in [-0.2, -0.15) is 8.42 Å². The fourth-order valence-corrected chi connectivity index (χ4v) is 8.97. The number of hydrogen-bond donors (Lipinski definition) is 4. The van der Waals surface area contributed by atoms with Crippen LogP contribution < -0.4 is 0 Å². The third kappa shape index (κ3) is 38.3. The molecule has 0 saturated carbocycles. The summed E-state index contributed by atoms with van der Waals surface area (Å²) in [5.41, 5.74) is 0. The monoisotopic (exact) mass is 971 g/mol. The molecule has 0 aromatic rings. The Bertz CT molecular complexity index is 1370. The van der Waals surface area contributed by atoms with E-state index in [1.165, 1.54) is 154 Å². The van der Waals surface area contributed by atoms with Gasteiger partial charge in [-0.1, -0.05) is 217 Å². The van der Waals surface area contributed by atoms with Gasteiger partial charge in [0.1, 0.15) is 36.8 Å². The molecule has 0 aromatic carbocycles. The van der Waals surface area contributed by atoms with Crippen LogP contribution in [0.25, 0.3) is 0 Å². The van der Waals surface area contributed by atoms with E-state index in [0.717, 1.165) is 38.5 Å². The molecule has 4 N–H and O–H groups in total. The molecule has 0 spiro atoms. The van der Waals surface area contributed by atoms with Gasteiger partial charge in [0.15, 0.2) is 12.4 Å². The summed E-state index contributed by atoms with van der Waals surface area (Å²) in [7, 11) is -4.61. The lowest BCUT2D eigenvalue weighted by atomic mass is 10.00. The minimum absolute atomic E-state index is 0.149. The Morgan fingerprint density at radius 1 is 0.507 bits per heavy atom. The lowest BCUT2D eigenvalue weighted by molar-refractivity contribution is -0.297. The maximum atomic E-state index is 12.9. The summed E-state index contributed by atoms with van der Waals surface area (Å²) in [6.45, 7) is 3.75. The van der Waals surface area contributed by atoms with Crippen molar-refractivity contribution >= 4 is 22.1 Å². The summed E-state index contributed by atoms with van der Waals surface area (Å²) < 4.78 is 54.2. The van der Waals surface area contributed by atoms with E-state index in [-0.39, 0.29) is 19.4 Å². The fraction of sp³-hybridized carbons (Fsp3) is 0.852. The number of esters is 2. The van der Waals surface area contributed by atoms with E-state index in [9.17, 15) is 37.9 Å². The van der Waals surface area contributed by atoms with Gasteiger partial charge in [0.25, 0.3) is 10.1 Å². The van der Waals surface area contributed by atoms with E-state index in [1.54, 1.807) is 0 Å². The Kier molecular flexibility index (Phi) is 41.2. The predicted octanol–water partition coefficient (Wildman–Crippen LogP) is 12.5. The summed E-state index contributed by atoms with van der Waals surface area (Å²) in [5.74, 6) is -2.04. The van der Waals surface area contributed by atoms with Gasteiger partial charge in [-0.25, -0.2) is 0 Å². The molecule has 0 bridgehead atoms. The van der Waals surface area contributed by atoms with Crippen LogP contribution in [0.4, 0.5) is 0 Å². The quantitative estimate of drug-likeness (QED) is 0.0196. The summed E-state index contributed by atoms with van der Waals surface area (Å²) >= 11 is 0. The molecule has 1 rings (SSSR count). The highest BCUT2D eigenvalue weighted by Gasteiger charge is 2.46. The molecule has 0 amide bonds. The highest BCUT2D eigenvalue weighted by atomic mass is 32.2. The number of aliphatic hydroxyl groups excluding tert-OH is 3. The van der Waals surface area contributed by atoms with Gasteiger partial charge in [0.05, 0.1) is 6.61 Å². The standard InChI is InChI=1S/C54H98O12S/c1-3-5-7-9-11-13-15-17-19-21-22-23-24-25-27-29-31-33-35-37-39-41-43-50(56)65-47(45-64-54-53(59)52(58)51(57)48(66-54)46-67(60,61)62)44-63-49(55)42-40-38-36-34-32-30-28-26-20-18-16-14-12-10-8-6-4-2/h18,20,28,30,34,36,47-48,51-54,57-59H,3-17,19,21-27,29,31-33,35,37-46H2,1-2H3,(H,60,61,62)/b20-18+,30-28+,36-34+/t47-,48-,51-,52?,53?,54+/m1/s1. The van der Waals surface area contributed by atoms with E-state index >= 15 is 0 Å². The molecule has 1 aliphatic heterocycles. The van der Waals surface area contributed by atoms with Crippen molar-refractivity contribution in [3.05, 3.63) is 36.5 Å². The first-order chi connectivity index (χ1) is 32.5. The van der Waals surface area contributed by atoms with Gasteiger partial charge in [-0.05, 0) is 44.9 Å². The van der Waals surface area contributed by atoms with Crippen molar-refractivity contribution in [2.24, 2.45) is 0 Å². The zero-order valence-corrected chi connectivity index (χ0v) is 43.1. The van der Waals surface area contributed by atoms with E-state index in [1.807, 2.05) is 6.08 Å². The number of carbonyl (C=O) groups excluding carboxylic acids is 2. The molecular weight excluding hydrogens is 873 g/mol. The molecule has 1 saturated heterocycles. The maximum Gasteiger partial charge on any atom is 0.306 e. The molecule has 1 aliphatic rings. The molecule has 2 unspecified atom stereocenters. The summed E-state index contributed by atoms with van der Waals surface area (Å²) in [5, 5.41) is 31.0. The Balaban J connectivity index is 2.36. The number of ether oxygens (including phenoxy) is 4. The third-order valence-corrected chi connectivity index (χ3v) is 13.2. The molecule has 0 aromatic heterocycles. The fourth-order valence-electron chi connectivity index (χ4n) is 8.28. The van der Waals surface area contributed by atoms with E-state index < -0.39 is 71.2 Å². The van der Waals surface area contributed by atoms with E-state index in [4.69, 9.17) is 18.9 Å². The van der Waals surface area contributed by atoms with Gasteiger partial charge in [-0.3, -0.25) is 14.1 Å². The van der Waals surface area contributed by atoms with Crippen LogP contribution in [0, 0.1) is 0 Å². The van der Waals surface area contributed by atoms with Gasteiger partial charge >= 0.3 is 11.9 Å². The highest BCUT2D eigenvalue weighted by Crippen LogP contribution is 2.24. The maximum absolute atomic E-state index is 12.9. The van der Waals surface area contributed by atoms with Crippen LogP contribution in [0.3, 0.4) is 0 Å². The van der Waals surface area contributed by atoms with Crippen LogP contribution in [-0.4, -0.2) is 96.0 Å². The van der Waals surface area contributed by atoms with E-state index in [2.05, 4.69) is 44.2 Å². The lowest BCUT2D eigenvalue weighted by Crippen LogP contribution is -2.60. The van der Waals surface area contributed by atoms with Crippen molar-refractivity contribution in [1.82, 2.24) is 0 Å². The average Bonchev–Trinajstić information content (AvgIpc) is 3.30. The molecule has 13 heteroatoms. The average molecular weight is 971 g/mol. The van der Waals surface area contributed by atoms with Crippen LogP contribution in [-0.2, 0) is 38.7 Å². The van der Waals surface area contributed by atoms with Crippen molar-refractivity contribution in [1.29, 1.82) is 0 Å². The zero-order chi connectivity index (χ0) is 49.1. The Hall–Kier alpha value is -2.13. The highest BCUT2D eigenvalue weighted by molar-refractivity contribution is 7.85. The largest absolute Gasteiger partial charge is 0.462 e. The number of carbonyl (C=O) groups is 2. The van der Waals surface area contributed by atoms with Crippen molar-refractivity contribution in [2.75, 3.05) is 19.0 Å². The minimum atomic E-state index is -4.61. The molecule has 67 heavy (non-hydrogen) atoms. The molecule has 1 heterocycles. The van der Waals surface area contributed by atoms with Crippen LogP contribution in [0.5, 0.6) is 0 Å². The van der Waals surface area contributed by atoms with Gasteiger partial charge in [0.2, 0.25) is 0 Å². The number of allylic oxidation sites excluding steroid dienone is 6. The molecule has 12 nitrogen and oxygen atoms in total. The molecule has 0 radical (unpaired) electrons. The van der Waals surface area contributed by atoms with Crippen molar-refractivity contribution in [2.45, 2.75) is 275 Å². The molecule has 392 valence electrons. The second-order valence-electron chi connectivity index (χ2n) is 18.9. The van der Waals surface area contributed by atoms with E-state index in [0.29, 0.717) is 19.3 Å². The third-order valence-electron chi connectivity index (χ3n) is 12.5. The predicted molar refractivity (Wildman–Crippen MR) is 270 cm³/mol.